The van der Waals surface area contributed by atoms with Crippen molar-refractivity contribution in [3.8, 4) is 11.1 Å². The second-order valence-electron chi connectivity index (χ2n) is 10.4. The number of halogens is 1. The molecule has 1 amide bonds. The lowest BCUT2D eigenvalue weighted by molar-refractivity contribution is -0.118. The highest BCUT2D eigenvalue weighted by molar-refractivity contribution is 6.76. The van der Waals surface area contributed by atoms with Crippen LogP contribution in [-0.2, 0) is 16.3 Å². The molecule has 1 atom stereocenters. The van der Waals surface area contributed by atoms with Gasteiger partial charge in [0.25, 0.3) is 0 Å². The maximum absolute atomic E-state index is 12.6. The average Bonchev–Trinajstić information content (AvgIpc) is 3.04. The van der Waals surface area contributed by atoms with E-state index >= 15 is 0 Å². The molecular formula is C25H41ClN4O2Si. The number of rotatable bonds is 9. The number of carbonyl (C=O) groups excluding carboxylic acids is 1. The molecule has 1 aliphatic carbocycles. The Morgan fingerprint density at radius 2 is 1.82 bits per heavy atom. The summed E-state index contributed by atoms with van der Waals surface area (Å²) in [5.41, 5.74) is 11.3. The third kappa shape index (κ3) is 7.67. The highest BCUT2D eigenvalue weighted by Crippen LogP contribution is 2.29. The highest BCUT2D eigenvalue weighted by Gasteiger charge is 2.26. The number of carbonyl (C=O) groups is 1. The normalized spacial score (nSPS) is 15.7. The molecule has 6 nitrogen and oxygen atoms in total. The number of ether oxygens (including phenoxy) is 1. The molecule has 0 saturated heterocycles. The van der Waals surface area contributed by atoms with E-state index in [9.17, 15) is 4.79 Å². The zero-order valence-electron chi connectivity index (χ0n) is 20.8. The minimum absolute atomic E-state index is 0. The van der Waals surface area contributed by atoms with Gasteiger partial charge in [0, 0.05) is 31.6 Å². The number of nitrogens with zero attached hydrogens (tertiary/aromatic N) is 2. The summed E-state index contributed by atoms with van der Waals surface area (Å²) in [6, 6.07) is 8.68. The van der Waals surface area contributed by atoms with Crippen molar-refractivity contribution in [2.24, 2.45) is 11.7 Å². The molecule has 8 heteroatoms. The van der Waals surface area contributed by atoms with Crippen LogP contribution in [0.4, 0.5) is 5.69 Å². The van der Waals surface area contributed by atoms with Crippen LogP contribution in [0.5, 0.6) is 0 Å². The SMILES string of the molecule is Cc1nn(COCC[Si](C)(C)C)c(C)c1-c1ccc(NC(=O)[C@@H](N)C2CCCCC2)cc1.Cl. The molecule has 184 valence electrons. The van der Waals surface area contributed by atoms with Gasteiger partial charge in [0.1, 0.15) is 6.73 Å². The lowest BCUT2D eigenvalue weighted by Crippen LogP contribution is -2.42. The summed E-state index contributed by atoms with van der Waals surface area (Å²) >= 11 is 0. The van der Waals surface area contributed by atoms with Crippen molar-refractivity contribution in [3.63, 3.8) is 0 Å². The van der Waals surface area contributed by atoms with E-state index in [0.29, 0.717) is 12.6 Å². The van der Waals surface area contributed by atoms with E-state index in [1.807, 2.05) is 35.9 Å². The number of amides is 1. The molecule has 0 bridgehead atoms. The standard InChI is InChI=1S/C25H40N4O2Si.ClH/c1-18-23(19(2)29(28-18)17-31-15-16-32(3,4)5)20-11-13-22(14-12-20)27-25(30)24(26)21-9-7-6-8-10-21;/h11-14,21,24H,6-10,15-17,26H2,1-5H3,(H,27,30);1H/t24-;/m0./s1. The Balaban J connectivity index is 0.00000385. The number of nitrogens with one attached hydrogen (secondary N) is 1. The summed E-state index contributed by atoms with van der Waals surface area (Å²) in [7, 11) is -1.09. The molecular weight excluding hydrogens is 452 g/mol. The quantitative estimate of drug-likeness (QED) is 0.345. The lowest BCUT2D eigenvalue weighted by Gasteiger charge is -2.26. The number of hydrogen-bond donors (Lipinski definition) is 2. The van der Waals surface area contributed by atoms with Crippen LogP contribution in [0, 0.1) is 19.8 Å². The topological polar surface area (TPSA) is 82.2 Å². The average molecular weight is 493 g/mol. The minimum atomic E-state index is -1.09. The smallest absolute Gasteiger partial charge is 0.241 e. The zero-order valence-corrected chi connectivity index (χ0v) is 22.6. The van der Waals surface area contributed by atoms with Crippen LogP contribution >= 0.6 is 12.4 Å². The van der Waals surface area contributed by atoms with Gasteiger partial charge in [0.15, 0.2) is 0 Å². The van der Waals surface area contributed by atoms with Crippen LogP contribution < -0.4 is 11.1 Å². The number of benzene rings is 1. The van der Waals surface area contributed by atoms with Crippen molar-refractivity contribution in [1.29, 1.82) is 0 Å². The van der Waals surface area contributed by atoms with E-state index in [2.05, 4.69) is 37.0 Å². The summed E-state index contributed by atoms with van der Waals surface area (Å²) in [5.74, 6) is 0.215. The van der Waals surface area contributed by atoms with Crippen molar-refractivity contribution in [1.82, 2.24) is 9.78 Å². The molecule has 1 saturated carbocycles. The van der Waals surface area contributed by atoms with Crippen molar-refractivity contribution < 1.29 is 9.53 Å². The first-order valence-electron chi connectivity index (χ1n) is 11.9. The fraction of sp³-hybridized carbons (Fsp3) is 0.600. The Kier molecular flexibility index (Phi) is 10.2. The van der Waals surface area contributed by atoms with Crippen LogP contribution in [0.25, 0.3) is 11.1 Å². The maximum atomic E-state index is 12.6. The van der Waals surface area contributed by atoms with Crippen LogP contribution in [-0.4, -0.2) is 36.4 Å². The molecule has 1 aromatic heterocycles. The van der Waals surface area contributed by atoms with Crippen LogP contribution in [0.2, 0.25) is 25.7 Å². The van der Waals surface area contributed by atoms with Gasteiger partial charge >= 0.3 is 0 Å². The van der Waals surface area contributed by atoms with Gasteiger partial charge in [-0.2, -0.15) is 5.10 Å². The number of hydrogen-bond acceptors (Lipinski definition) is 4. The third-order valence-corrected chi connectivity index (χ3v) is 8.20. The summed E-state index contributed by atoms with van der Waals surface area (Å²) in [6.07, 6.45) is 5.72. The second kappa shape index (κ2) is 12.2. The van der Waals surface area contributed by atoms with E-state index < -0.39 is 14.1 Å². The van der Waals surface area contributed by atoms with Crippen molar-refractivity contribution in [3.05, 3.63) is 35.7 Å². The van der Waals surface area contributed by atoms with Crippen LogP contribution in [0.15, 0.2) is 24.3 Å². The van der Waals surface area contributed by atoms with Gasteiger partial charge in [-0.15, -0.1) is 12.4 Å². The fourth-order valence-corrected chi connectivity index (χ4v) is 5.18. The van der Waals surface area contributed by atoms with Crippen LogP contribution in [0.3, 0.4) is 0 Å². The van der Waals surface area contributed by atoms with Crippen molar-refractivity contribution in [2.45, 2.75) is 84.4 Å². The van der Waals surface area contributed by atoms with E-state index in [1.54, 1.807) is 0 Å². The molecule has 0 spiro atoms. The summed E-state index contributed by atoms with van der Waals surface area (Å²) in [4.78, 5) is 12.6. The number of anilines is 1. The molecule has 2 aromatic rings. The van der Waals surface area contributed by atoms with E-state index in [0.717, 1.165) is 53.7 Å². The molecule has 0 radical (unpaired) electrons. The van der Waals surface area contributed by atoms with Gasteiger partial charge in [-0.05, 0) is 56.3 Å². The molecule has 3 rings (SSSR count). The summed E-state index contributed by atoms with van der Waals surface area (Å²) < 4.78 is 7.83. The molecule has 33 heavy (non-hydrogen) atoms. The van der Waals surface area contributed by atoms with Gasteiger partial charge in [-0.25, -0.2) is 4.68 Å². The minimum Gasteiger partial charge on any atom is -0.360 e. The maximum Gasteiger partial charge on any atom is 0.241 e. The number of aromatic nitrogens is 2. The highest BCUT2D eigenvalue weighted by atomic mass is 35.5. The monoisotopic (exact) mass is 492 g/mol. The first-order valence-corrected chi connectivity index (χ1v) is 15.6. The Labute approximate surface area is 206 Å². The van der Waals surface area contributed by atoms with Crippen molar-refractivity contribution >= 4 is 32.1 Å². The fourth-order valence-electron chi connectivity index (χ4n) is 4.42. The first kappa shape index (κ1) is 27.6. The summed E-state index contributed by atoms with van der Waals surface area (Å²) in [6.45, 7) is 12.4. The first-order chi connectivity index (χ1) is 15.2. The Morgan fingerprint density at radius 3 is 2.42 bits per heavy atom. The molecule has 3 N–H and O–H groups in total. The zero-order chi connectivity index (χ0) is 23.3. The molecule has 1 heterocycles. The van der Waals surface area contributed by atoms with Gasteiger partial charge < -0.3 is 15.8 Å². The van der Waals surface area contributed by atoms with E-state index in [1.165, 1.54) is 19.3 Å². The third-order valence-electron chi connectivity index (χ3n) is 6.49. The van der Waals surface area contributed by atoms with E-state index in [-0.39, 0.29) is 18.3 Å². The Bertz CT molecular complexity index is 902. The van der Waals surface area contributed by atoms with Crippen molar-refractivity contribution in [2.75, 3.05) is 11.9 Å². The predicted molar refractivity (Wildman–Crippen MR) is 142 cm³/mol. The van der Waals surface area contributed by atoms with E-state index in [4.69, 9.17) is 10.5 Å². The van der Waals surface area contributed by atoms with Gasteiger partial charge in [-0.3, -0.25) is 4.79 Å². The predicted octanol–water partition coefficient (Wildman–Crippen LogP) is 5.75. The second-order valence-corrected chi connectivity index (χ2v) is 16.0. The largest absolute Gasteiger partial charge is 0.360 e. The summed E-state index contributed by atoms with van der Waals surface area (Å²) in [5, 5.41) is 7.68. The Hall–Kier alpha value is -1.67. The molecule has 1 aliphatic rings. The molecule has 0 unspecified atom stereocenters. The van der Waals surface area contributed by atoms with Gasteiger partial charge in [0.2, 0.25) is 5.91 Å². The number of aryl methyl sites for hydroxylation is 1. The molecule has 1 fully saturated rings. The van der Waals surface area contributed by atoms with Crippen LogP contribution in [0.1, 0.15) is 43.5 Å². The molecule has 1 aromatic carbocycles. The molecule has 0 aliphatic heterocycles. The number of nitrogens with two attached hydrogens (primary N) is 1. The lowest BCUT2D eigenvalue weighted by atomic mass is 9.84. The van der Waals surface area contributed by atoms with Gasteiger partial charge in [0.05, 0.1) is 11.7 Å². The Morgan fingerprint density at radius 1 is 1.18 bits per heavy atom. The van der Waals surface area contributed by atoms with Gasteiger partial charge in [-0.1, -0.05) is 51.0 Å².